The van der Waals surface area contributed by atoms with Crippen molar-refractivity contribution in [2.24, 2.45) is 17.1 Å². The Hall–Kier alpha value is -4.34. The summed E-state index contributed by atoms with van der Waals surface area (Å²) in [6.07, 6.45) is 4.30. The molecule has 5 amide bonds. The molecular weight excluding hydrogens is 737 g/mol. The molecule has 0 saturated carbocycles. The Bertz CT molecular complexity index is 1650. The van der Waals surface area contributed by atoms with Crippen LogP contribution in [0.3, 0.4) is 0 Å². The third-order valence-electron chi connectivity index (χ3n) is 9.36. The molecule has 0 unspecified atom stereocenters. The van der Waals surface area contributed by atoms with Crippen LogP contribution in [0, 0.1) is 18.3 Å². The fourth-order valence-electron chi connectivity index (χ4n) is 6.23. The maximum absolute atomic E-state index is 14.0. The summed E-state index contributed by atoms with van der Waals surface area (Å²) in [5, 5.41) is 19.1. The van der Waals surface area contributed by atoms with Crippen LogP contribution in [0.2, 0.25) is 0 Å². The van der Waals surface area contributed by atoms with E-state index < -0.39 is 53.0 Å². The van der Waals surface area contributed by atoms with Gasteiger partial charge in [-0.3, -0.25) is 19.2 Å². The molecule has 6 N–H and O–H groups in total. The van der Waals surface area contributed by atoms with E-state index in [4.69, 9.17) is 15.2 Å². The molecule has 3 rings (SSSR count). The van der Waals surface area contributed by atoms with Crippen LogP contribution in [0.25, 0.3) is 10.4 Å². The largest absolute Gasteiger partial charge is 0.444 e. The first-order valence-electron chi connectivity index (χ1n) is 19.4. The van der Waals surface area contributed by atoms with E-state index >= 15 is 0 Å². The van der Waals surface area contributed by atoms with Crippen molar-refractivity contribution < 1.29 is 38.6 Å². The van der Waals surface area contributed by atoms with E-state index in [2.05, 4.69) is 20.9 Å². The number of unbranched alkanes of at least 4 members (excludes halogenated alkanes) is 1. The predicted molar refractivity (Wildman–Crippen MR) is 216 cm³/mol. The number of nitrogens with two attached hydrogens (primary N) is 1. The average molecular weight is 799 g/mol. The molecule has 5 atom stereocenters. The summed E-state index contributed by atoms with van der Waals surface area (Å²) in [7, 11) is 0. The minimum atomic E-state index is -0.939. The zero-order valence-corrected chi connectivity index (χ0v) is 35.0. The van der Waals surface area contributed by atoms with Gasteiger partial charge in [0, 0.05) is 25.9 Å². The fraction of sp³-hybridized carbons (Fsp3) is 0.610. The van der Waals surface area contributed by atoms with Gasteiger partial charge >= 0.3 is 6.09 Å². The topological polar surface area (TPSA) is 202 Å². The minimum Gasteiger partial charge on any atom is -0.444 e. The maximum Gasteiger partial charge on any atom is 0.407 e. The van der Waals surface area contributed by atoms with Crippen LogP contribution in [0.4, 0.5) is 4.79 Å². The highest BCUT2D eigenvalue weighted by molar-refractivity contribution is 7.13. The molecule has 2 aromatic rings. The molecule has 14 nitrogen and oxygen atoms in total. The van der Waals surface area contributed by atoms with Gasteiger partial charge in [-0.15, -0.1) is 11.3 Å². The number of nitrogens with zero attached hydrogens (tertiary/aromatic N) is 2. The number of rotatable bonds is 19. The normalized spacial score (nSPS) is 17.6. The first kappa shape index (κ1) is 46.0. The monoisotopic (exact) mass is 798 g/mol. The van der Waals surface area contributed by atoms with E-state index in [9.17, 15) is 29.1 Å². The Labute approximate surface area is 335 Å². The van der Waals surface area contributed by atoms with E-state index in [1.807, 2.05) is 58.9 Å². The second-order valence-corrected chi connectivity index (χ2v) is 17.3. The standard InChI is InChI=1S/C41H62N6O8S/c1-9-30(45-39(53)55-41(6,7)8)24-54-20-12-14-29(36(42)50)13-10-11-15-33(49)46-35(40(3,4)5)38(52)47-23-31(48)21-32(47)37(51)43-22-27-16-18-28(19-17-27)34-26(2)44-25-56-34/h12,14,16-19,25,29-32,35,48H,9-11,13,15,20-24H2,1-8H3,(H2,42,50)(H,43,51)(H,45,53)(H,46,49)/b14-12-/t29-,30-,31+,32-,35+/m0/s1. The quantitative estimate of drug-likeness (QED) is 0.0981. The van der Waals surface area contributed by atoms with Crippen molar-refractivity contribution in [3.8, 4) is 10.4 Å². The van der Waals surface area contributed by atoms with Crippen molar-refractivity contribution in [3.63, 3.8) is 0 Å². The number of amides is 5. The Kier molecular flexibility index (Phi) is 17.5. The summed E-state index contributed by atoms with van der Waals surface area (Å²) in [6, 6.07) is 5.79. The summed E-state index contributed by atoms with van der Waals surface area (Å²) in [4.78, 5) is 71.4. The zero-order valence-electron chi connectivity index (χ0n) is 34.2. The Morgan fingerprint density at radius 3 is 2.36 bits per heavy atom. The fourth-order valence-corrected chi connectivity index (χ4v) is 7.04. The Morgan fingerprint density at radius 1 is 1.07 bits per heavy atom. The van der Waals surface area contributed by atoms with Crippen LogP contribution in [-0.2, 0) is 35.2 Å². The van der Waals surface area contributed by atoms with E-state index in [0.29, 0.717) is 25.7 Å². The molecule has 1 aromatic carbocycles. The van der Waals surface area contributed by atoms with Crippen molar-refractivity contribution in [2.45, 2.75) is 130 Å². The molecule has 0 bridgehead atoms. The third kappa shape index (κ3) is 15.0. The molecule has 1 saturated heterocycles. The molecular formula is C41H62N6O8S. The third-order valence-corrected chi connectivity index (χ3v) is 10.3. The summed E-state index contributed by atoms with van der Waals surface area (Å²) < 4.78 is 11.0. The smallest absolute Gasteiger partial charge is 0.407 e. The first-order valence-corrected chi connectivity index (χ1v) is 20.2. The summed E-state index contributed by atoms with van der Waals surface area (Å²) in [5.74, 6) is -2.18. The van der Waals surface area contributed by atoms with Crippen LogP contribution in [-0.4, -0.2) is 94.3 Å². The molecule has 1 aliphatic heterocycles. The number of carbonyl (C=O) groups is 5. The number of hydrogen-bond acceptors (Lipinski definition) is 10. The lowest BCUT2D eigenvalue weighted by Gasteiger charge is -2.35. The van der Waals surface area contributed by atoms with Crippen molar-refractivity contribution >= 4 is 41.1 Å². The second kappa shape index (κ2) is 21.3. The number of aliphatic hydroxyl groups excluding tert-OH is 1. The number of nitrogens with one attached hydrogen (secondary N) is 3. The van der Waals surface area contributed by atoms with E-state index in [1.165, 1.54) is 4.90 Å². The number of primary amides is 1. The van der Waals surface area contributed by atoms with Gasteiger partial charge in [-0.25, -0.2) is 9.78 Å². The molecule has 1 aliphatic rings. The number of β-amino-alcohol motifs (C(OH)–C–C–N with tert-alkyl or cyclic N) is 1. The number of carbonyl (C=O) groups excluding carboxylic acids is 5. The van der Waals surface area contributed by atoms with Crippen molar-refractivity contribution in [2.75, 3.05) is 19.8 Å². The van der Waals surface area contributed by atoms with Gasteiger partial charge < -0.3 is 41.2 Å². The van der Waals surface area contributed by atoms with Crippen LogP contribution in [0.15, 0.2) is 41.9 Å². The van der Waals surface area contributed by atoms with Crippen molar-refractivity contribution in [3.05, 3.63) is 53.2 Å². The van der Waals surface area contributed by atoms with Gasteiger partial charge in [0.15, 0.2) is 0 Å². The van der Waals surface area contributed by atoms with Gasteiger partial charge in [0.2, 0.25) is 23.6 Å². The summed E-state index contributed by atoms with van der Waals surface area (Å²) in [6.45, 7) is 15.5. The van der Waals surface area contributed by atoms with Gasteiger partial charge in [-0.2, -0.15) is 0 Å². The molecule has 0 aliphatic carbocycles. The number of benzene rings is 1. The van der Waals surface area contributed by atoms with Gasteiger partial charge in [-0.05, 0) is 63.5 Å². The SMILES string of the molecule is CC[C@@H](COC/C=C\[C@H](CCCCC(=O)N[C@H](C(=O)N1C[C@H](O)C[C@H]1C(=O)NCc1ccc(-c2scnc2C)cc1)C(C)(C)C)C(N)=O)NC(=O)OC(C)(C)C. The number of thiazole rings is 1. The number of ether oxygens (including phenoxy) is 2. The summed E-state index contributed by atoms with van der Waals surface area (Å²) in [5.41, 5.74) is 9.04. The molecule has 15 heteroatoms. The lowest BCUT2D eigenvalue weighted by Crippen LogP contribution is -2.57. The first-order chi connectivity index (χ1) is 26.3. The maximum atomic E-state index is 14.0. The van der Waals surface area contributed by atoms with E-state index in [-0.39, 0.29) is 57.0 Å². The van der Waals surface area contributed by atoms with Crippen molar-refractivity contribution in [1.29, 1.82) is 0 Å². The van der Waals surface area contributed by atoms with E-state index in [0.717, 1.165) is 21.7 Å². The number of aryl methyl sites for hydroxylation is 1. The number of hydrogen-bond donors (Lipinski definition) is 5. The van der Waals surface area contributed by atoms with Crippen molar-refractivity contribution in [1.82, 2.24) is 25.8 Å². The molecule has 310 valence electrons. The van der Waals surface area contributed by atoms with Gasteiger partial charge in [0.1, 0.15) is 17.7 Å². The molecule has 0 radical (unpaired) electrons. The van der Waals surface area contributed by atoms with Crippen LogP contribution >= 0.6 is 11.3 Å². The molecule has 1 fully saturated rings. The van der Waals surface area contributed by atoms with Gasteiger partial charge in [-0.1, -0.05) is 70.5 Å². The number of alkyl carbamates (subject to hydrolysis) is 1. The summed E-state index contributed by atoms with van der Waals surface area (Å²) >= 11 is 1.57. The highest BCUT2D eigenvalue weighted by atomic mass is 32.1. The highest BCUT2D eigenvalue weighted by Crippen LogP contribution is 2.28. The highest BCUT2D eigenvalue weighted by Gasteiger charge is 2.44. The second-order valence-electron chi connectivity index (χ2n) is 16.4. The number of aliphatic hydroxyl groups is 1. The number of likely N-dealkylation sites (tertiary alicyclic amines) is 1. The van der Waals surface area contributed by atoms with Crippen LogP contribution in [0.1, 0.15) is 98.2 Å². The molecule has 1 aromatic heterocycles. The van der Waals surface area contributed by atoms with Crippen LogP contribution in [0.5, 0.6) is 0 Å². The average Bonchev–Trinajstić information content (AvgIpc) is 3.73. The Morgan fingerprint density at radius 2 is 1.77 bits per heavy atom. The lowest BCUT2D eigenvalue weighted by atomic mass is 9.85. The molecule has 56 heavy (non-hydrogen) atoms. The molecule has 2 heterocycles. The van der Waals surface area contributed by atoms with Crippen LogP contribution < -0.4 is 21.7 Å². The van der Waals surface area contributed by atoms with Gasteiger partial charge in [0.05, 0.1) is 47.4 Å². The number of aromatic nitrogens is 1. The molecule has 0 spiro atoms. The predicted octanol–water partition coefficient (Wildman–Crippen LogP) is 4.77. The Balaban J connectivity index is 1.47. The zero-order chi connectivity index (χ0) is 41.6. The lowest BCUT2D eigenvalue weighted by molar-refractivity contribution is -0.144. The minimum absolute atomic E-state index is 0.0164. The van der Waals surface area contributed by atoms with E-state index in [1.54, 1.807) is 49.8 Å². The van der Waals surface area contributed by atoms with Gasteiger partial charge in [0.25, 0.3) is 0 Å².